The first-order chi connectivity index (χ1) is 8.66. The van der Waals surface area contributed by atoms with Gasteiger partial charge in [-0.15, -0.1) is 0 Å². The van der Waals surface area contributed by atoms with E-state index in [4.69, 9.17) is 5.73 Å². The van der Waals surface area contributed by atoms with Gasteiger partial charge in [0.1, 0.15) is 0 Å². The smallest absolute Gasteiger partial charge is 0.0374 e. The molecule has 1 aromatic heterocycles. The summed E-state index contributed by atoms with van der Waals surface area (Å²) in [5.74, 6) is 0. The van der Waals surface area contributed by atoms with Crippen molar-refractivity contribution >= 4 is 0 Å². The highest BCUT2D eigenvalue weighted by Crippen LogP contribution is 2.12. The Morgan fingerprint density at radius 1 is 1.33 bits per heavy atom. The van der Waals surface area contributed by atoms with Crippen molar-refractivity contribution in [1.82, 2.24) is 14.8 Å². The molecule has 0 radical (unpaired) electrons. The van der Waals surface area contributed by atoms with Crippen LogP contribution in [0.5, 0.6) is 0 Å². The van der Waals surface area contributed by atoms with Gasteiger partial charge in [0.2, 0.25) is 0 Å². The Labute approximate surface area is 110 Å². The van der Waals surface area contributed by atoms with Crippen molar-refractivity contribution in [2.45, 2.75) is 24.9 Å². The summed E-state index contributed by atoms with van der Waals surface area (Å²) in [6.45, 7) is 3.37. The van der Waals surface area contributed by atoms with Gasteiger partial charge in [-0.3, -0.25) is 4.98 Å². The quantitative estimate of drug-likeness (QED) is 0.850. The number of rotatable bonds is 3. The maximum absolute atomic E-state index is 6.41. The molecule has 2 N–H and O–H groups in total. The molecule has 0 aromatic carbocycles. The van der Waals surface area contributed by atoms with E-state index in [1.54, 1.807) is 0 Å². The van der Waals surface area contributed by atoms with E-state index in [0.717, 1.165) is 19.5 Å². The summed E-state index contributed by atoms with van der Waals surface area (Å²) in [6.07, 6.45) is 5.83. The highest BCUT2D eigenvalue weighted by molar-refractivity contribution is 5.12. The number of hydrogen-bond donors (Lipinski definition) is 1. The molecular formula is C14H24N4. The van der Waals surface area contributed by atoms with Gasteiger partial charge < -0.3 is 15.5 Å². The molecule has 0 amide bonds. The van der Waals surface area contributed by atoms with Crippen molar-refractivity contribution in [2.75, 3.05) is 33.7 Å². The number of hydrogen-bond acceptors (Lipinski definition) is 4. The average Bonchev–Trinajstić information content (AvgIpc) is 2.52. The molecule has 4 nitrogen and oxygen atoms in total. The molecule has 0 saturated carbocycles. The van der Waals surface area contributed by atoms with Crippen molar-refractivity contribution in [3.05, 3.63) is 30.1 Å². The van der Waals surface area contributed by atoms with Crippen molar-refractivity contribution < 1.29 is 0 Å². The van der Waals surface area contributed by atoms with Crippen LogP contribution in [-0.4, -0.2) is 60.6 Å². The van der Waals surface area contributed by atoms with Gasteiger partial charge in [-0.05, 0) is 57.7 Å². The topological polar surface area (TPSA) is 45.4 Å². The Balaban J connectivity index is 2.00. The number of aromatic nitrogens is 1. The summed E-state index contributed by atoms with van der Waals surface area (Å²) in [5.41, 5.74) is 7.69. The summed E-state index contributed by atoms with van der Waals surface area (Å²) in [4.78, 5) is 8.85. The van der Waals surface area contributed by atoms with Crippen LogP contribution in [-0.2, 0) is 6.42 Å². The van der Waals surface area contributed by atoms with Gasteiger partial charge >= 0.3 is 0 Å². The fraction of sp³-hybridized carbons (Fsp3) is 0.643. The van der Waals surface area contributed by atoms with Crippen molar-refractivity contribution in [3.8, 4) is 0 Å². The summed E-state index contributed by atoms with van der Waals surface area (Å²) in [6, 6.07) is 4.73. The fourth-order valence-corrected chi connectivity index (χ4v) is 2.70. The second kappa shape index (κ2) is 6.27. The van der Waals surface area contributed by atoms with Crippen LogP contribution in [0.4, 0.5) is 0 Å². The molecule has 1 saturated heterocycles. The lowest BCUT2D eigenvalue weighted by molar-refractivity contribution is 0.195. The van der Waals surface area contributed by atoms with Gasteiger partial charge in [0.25, 0.3) is 0 Å². The maximum Gasteiger partial charge on any atom is 0.0374 e. The van der Waals surface area contributed by atoms with E-state index in [-0.39, 0.29) is 6.04 Å². The molecule has 100 valence electrons. The minimum atomic E-state index is 0.179. The third-order valence-corrected chi connectivity index (χ3v) is 3.83. The molecule has 1 aliphatic rings. The Morgan fingerprint density at radius 2 is 2.06 bits per heavy atom. The molecular weight excluding hydrogens is 224 g/mol. The number of nitrogens with zero attached hydrogens (tertiary/aromatic N) is 3. The molecule has 2 atom stereocenters. The molecule has 0 aliphatic carbocycles. The highest BCUT2D eigenvalue weighted by Gasteiger charge is 2.26. The standard InChI is InChI=1S/C14H24N4/c1-17-8-3-9-18(2)14(11-17)13(15)10-12-4-6-16-7-5-12/h4-7,13-14H,3,8-11,15H2,1-2H3. The second-order valence-electron chi connectivity index (χ2n) is 5.39. The zero-order chi connectivity index (χ0) is 13.0. The van der Waals surface area contributed by atoms with Crippen LogP contribution in [0.3, 0.4) is 0 Å². The van der Waals surface area contributed by atoms with Crippen molar-refractivity contribution in [3.63, 3.8) is 0 Å². The lowest BCUT2D eigenvalue weighted by Crippen LogP contribution is -2.51. The molecule has 18 heavy (non-hydrogen) atoms. The lowest BCUT2D eigenvalue weighted by Gasteiger charge is -2.32. The lowest BCUT2D eigenvalue weighted by atomic mass is 10.00. The predicted octanol–water partition coefficient (Wildman–Crippen LogP) is 0.587. The monoisotopic (exact) mass is 248 g/mol. The molecule has 1 aliphatic heterocycles. The number of pyridine rings is 1. The van der Waals surface area contributed by atoms with Gasteiger partial charge in [-0.2, -0.15) is 0 Å². The molecule has 1 aromatic rings. The zero-order valence-electron chi connectivity index (χ0n) is 11.4. The predicted molar refractivity (Wildman–Crippen MR) is 74.4 cm³/mol. The first-order valence-corrected chi connectivity index (χ1v) is 6.70. The van der Waals surface area contributed by atoms with Gasteiger partial charge in [0, 0.05) is 31.0 Å². The van der Waals surface area contributed by atoms with Crippen molar-refractivity contribution in [1.29, 1.82) is 0 Å². The van der Waals surface area contributed by atoms with E-state index in [0.29, 0.717) is 6.04 Å². The molecule has 2 unspecified atom stereocenters. The average molecular weight is 248 g/mol. The second-order valence-corrected chi connectivity index (χ2v) is 5.39. The van der Waals surface area contributed by atoms with Gasteiger partial charge in [0.15, 0.2) is 0 Å². The normalized spacial score (nSPS) is 24.7. The van der Waals surface area contributed by atoms with Crippen LogP contribution in [0, 0.1) is 0 Å². The summed E-state index contributed by atoms with van der Waals surface area (Å²) in [7, 11) is 4.38. The van der Waals surface area contributed by atoms with Crippen LogP contribution in [0.1, 0.15) is 12.0 Å². The fourth-order valence-electron chi connectivity index (χ4n) is 2.70. The van der Waals surface area contributed by atoms with Crippen molar-refractivity contribution in [2.24, 2.45) is 5.73 Å². The minimum absolute atomic E-state index is 0.179. The Kier molecular flexibility index (Phi) is 4.69. The largest absolute Gasteiger partial charge is 0.326 e. The Hall–Kier alpha value is -0.970. The molecule has 2 rings (SSSR count). The first kappa shape index (κ1) is 13.5. The minimum Gasteiger partial charge on any atom is -0.326 e. The van der Waals surface area contributed by atoms with Crippen LogP contribution < -0.4 is 5.73 Å². The molecule has 4 heteroatoms. The maximum atomic E-state index is 6.41. The van der Waals surface area contributed by atoms with E-state index >= 15 is 0 Å². The van der Waals surface area contributed by atoms with E-state index in [1.165, 1.54) is 18.5 Å². The van der Waals surface area contributed by atoms with E-state index in [1.807, 2.05) is 12.4 Å². The summed E-state index contributed by atoms with van der Waals surface area (Å²) >= 11 is 0. The molecule has 2 heterocycles. The highest BCUT2D eigenvalue weighted by atomic mass is 15.2. The van der Waals surface area contributed by atoms with Gasteiger partial charge in [-0.1, -0.05) is 0 Å². The van der Waals surface area contributed by atoms with Gasteiger partial charge in [-0.25, -0.2) is 0 Å². The SMILES string of the molecule is CN1CCCN(C)C(C(N)Cc2ccncc2)C1. The van der Waals surface area contributed by atoms with Gasteiger partial charge in [0.05, 0.1) is 0 Å². The number of likely N-dealkylation sites (N-methyl/N-ethyl adjacent to an activating group) is 2. The summed E-state index contributed by atoms with van der Waals surface area (Å²) < 4.78 is 0. The van der Waals surface area contributed by atoms with E-state index in [9.17, 15) is 0 Å². The Bertz CT molecular complexity index is 354. The molecule has 0 bridgehead atoms. The van der Waals surface area contributed by atoms with Crippen LogP contribution in [0.15, 0.2) is 24.5 Å². The molecule has 1 fully saturated rings. The third-order valence-electron chi connectivity index (χ3n) is 3.83. The van der Waals surface area contributed by atoms with E-state index < -0.39 is 0 Å². The Morgan fingerprint density at radius 3 is 2.78 bits per heavy atom. The third kappa shape index (κ3) is 3.51. The van der Waals surface area contributed by atoms with Crippen LogP contribution in [0.2, 0.25) is 0 Å². The number of nitrogens with two attached hydrogens (primary N) is 1. The van der Waals surface area contributed by atoms with Crippen LogP contribution in [0.25, 0.3) is 0 Å². The van der Waals surface area contributed by atoms with Crippen LogP contribution >= 0.6 is 0 Å². The van der Waals surface area contributed by atoms with E-state index in [2.05, 4.69) is 41.0 Å². The first-order valence-electron chi connectivity index (χ1n) is 6.70. The molecule has 0 spiro atoms. The summed E-state index contributed by atoms with van der Waals surface area (Å²) in [5, 5.41) is 0. The zero-order valence-corrected chi connectivity index (χ0v) is 11.4.